The van der Waals surface area contributed by atoms with E-state index in [2.05, 4.69) is 4.98 Å². The van der Waals surface area contributed by atoms with Gasteiger partial charge in [0.1, 0.15) is 9.77 Å². The number of nitrogens with zero attached hydrogens (tertiary/aromatic N) is 2. The first-order valence-corrected chi connectivity index (χ1v) is 3.91. The van der Waals surface area contributed by atoms with Gasteiger partial charge in [0.2, 0.25) is 0 Å². The zero-order valence-electron chi connectivity index (χ0n) is 4.81. The Morgan fingerprint density at radius 3 is 2.90 bits per heavy atom. The van der Waals surface area contributed by atoms with Gasteiger partial charge in [-0.25, -0.2) is 4.98 Å². The fourth-order valence-corrected chi connectivity index (χ4v) is 1.07. The van der Waals surface area contributed by atoms with Gasteiger partial charge in [-0.1, -0.05) is 11.6 Å². The number of hydrogen-bond acceptors (Lipinski definition) is 2. The Balaban J connectivity index is 3.25. The van der Waals surface area contributed by atoms with Crippen molar-refractivity contribution in [3.63, 3.8) is 0 Å². The van der Waals surface area contributed by atoms with Crippen LogP contribution in [0.3, 0.4) is 0 Å². The van der Waals surface area contributed by atoms with Crippen molar-refractivity contribution in [3.05, 3.63) is 26.5 Å². The molecule has 1 aromatic heterocycles. The van der Waals surface area contributed by atoms with E-state index >= 15 is 0 Å². The fourth-order valence-electron chi connectivity index (χ4n) is 0.501. The molecule has 1 heterocycles. The largest absolute Gasteiger partial charge is 0.247 e. The quantitative estimate of drug-likeness (QED) is 0.532. The van der Waals surface area contributed by atoms with Crippen LogP contribution in [0.1, 0.15) is 5.56 Å². The van der Waals surface area contributed by atoms with Crippen LogP contribution in [0.25, 0.3) is 0 Å². The van der Waals surface area contributed by atoms with Gasteiger partial charge in [-0.15, -0.1) is 0 Å². The minimum absolute atomic E-state index is 0.497. The molecule has 0 aromatic carbocycles. The van der Waals surface area contributed by atoms with Gasteiger partial charge in [0.25, 0.3) is 0 Å². The summed E-state index contributed by atoms with van der Waals surface area (Å²) in [5.74, 6) is 0. The molecule has 0 aliphatic rings. The van der Waals surface area contributed by atoms with E-state index in [1.807, 2.05) is 28.7 Å². The summed E-state index contributed by atoms with van der Waals surface area (Å²) in [6, 6.07) is 3.58. The van der Waals surface area contributed by atoms with Gasteiger partial charge in [0.15, 0.2) is 0 Å². The minimum Gasteiger partial charge on any atom is -0.247 e. The van der Waals surface area contributed by atoms with Crippen LogP contribution >= 0.6 is 34.2 Å². The Morgan fingerprint density at radius 2 is 2.40 bits per heavy atom. The van der Waals surface area contributed by atoms with Crippen molar-refractivity contribution in [2.75, 3.05) is 0 Å². The van der Waals surface area contributed by atoms with Crippen LogP contribution in [-0.2, 0) is 0 Å². The second-order valence-corrected chi connectivity index (χ2v) is 3.06. The van der Waals surface area contributed by atoms with Gasteiger partial charge in [0.05, 0.1) is 10.6 Å². The Bertz CT molecular complexity index is 292. The van der Waals surface area contributed by atoms with Gasteiger partial charge in [0, 0.05) is 6.20 Å². The maximum atomic E-state index is 8.49. The Hall–Kier alpha value is -0.340. The number of nitriles is 1. The van der Waals surface area contributed by atoms with Crippen LogP contribution in [0.4, 0.5) is 0 Å². The molecule has 0 atom stereocenters. The van der Waals surface area contributed by atoms with Crippen LogP contribution in [0.2, 0.25) is 5.02 Å². The molecule has 4 heteroatoms. The van der Waals surface area contributed by atoms with Crippen LogP contribution in [0.15, 0.2) is 12.3 Å². The highest BCUT2D eigenvalue weighted by Gasteiger charge is 1.98. The summed E-state index contributed by atoms with van der Waals surface area (Å²) in [6.07, 6.45) is 1.52. The summed E-state index contributed by atoms with van der Waals surface area (Å²) in [4.78, 5) is 3.88. The second kappa shape index (κ2) is 3.17. The number of aromatic nitrogens is 1. The Labute approximate surface area is 77.0 Å². The van der Waals surface area contributed by atoms with E-state index in [0.29, 0.717) is 14.3 Å². The highest BCUT2D eigenvalue weighted by Crippen LogP contribution is 2.13. The number of rotatable bonds is 0. The molecule has 0 N–H and O–H groups in total. The lowest BCUT2D eigenvalue weighted by atomic mass is 10.3. The van der Waals surface area contributed by atoms with Crippen molar-refractivity contribution in [1.82, 2.24) is 4.98 Å². The summed E-state index contributed by atoms with van der Waals surface area (Å²) < 4.78 is 0.685. The summed E-state index contributed by atoms with van der Waals surface area (Å²) in [5, 5.41) is 8.99. The van der Waals surface area contributed by atoms with Gasteiger partial charge in [-0.2, -0.15) is 5.26 Å². The zero-order valence-corrected chi connectivity index (χ0v) is 7.72. The van der Waals surface area contributed by atoms with Crippen molar-refractivity contribution in [2.45, 2.75) is 0 Å². The molecule has 1 rings (SSSR count). The molecule has 0 saturated carbocycles. The van der Waals surface area contributed by atoms with Crippen LogP contribution < -0.4 is 0 Å². The molecule has 0 aliphatic heterocycles. The molecule has 50 valence electrons. The molecule has 0 radical (unpaired) electrons. The van der Waals surface area contributed by atoms with Gasteiger partial charge in [-0.3, -0.25) is 0 Å². The number of hydrogen-bond donors (Lipinski definition) is 0. The summed E-state index contributed by atoms with van der Waals surface area (Å²) in [5.41, 5.74) is 0.521. The van der Waals surface area contributed by atoms with Crippen molar-refractivity contribution < 1.29 is 0 Å². The van der Waals surface area contributed by atoms with E-state index in [0.717, 1.165) is 0 Å². The average Bonchev–Trinajstić information content (AvgIpc) is 1.94. The lowest BCUT2D eigenvalue weighted by Gasteiger charge is -1.92. The maximum Gasteiger partial charge on any atom is 0.119 e. The first kappa shape index (κ1) is 7.76. The SMILES string of the molecule is N#Cc1cc(Cl)cnc1I. The van der Waals surface area contributed by atoms with Gasteiger partial charge in [-0.05, 0) is 28.7 Å². The predicted molar refractivity (Wildman–Crippen MR) is 46.7 cm³/mol. The van der Waals surface area contributed by atoms with Crippen LogP contribution in [-0.4, -0.2) is 4.98 Å². The minimum atomic E-state index is 0.497. The molecule has 2 nitrogen and oxygen atoms in total. The smallest absolute Gasteiger partial charge is 0.119 e. The molecule has 0 spiro atoms. The number of halogens is 2. The standard InChI is InChI=1S/C6H2ClIN2/c7-5-1-4(2-9)6(8)10-3-5/h1,3H. The topological polar surface area (TPSA) is 36.7 Å². The number of pyridine rings is 1. The van der Waals surface area contributed by atoms with Crippen LogP contribution in [0, 0.1) is 15.0 Å². The van der Waals surface area contributed by atoms with E-state index in [9.17, 15) is 0 Å². The van der Waals surface area contributed by atoms with Crippen LogP contribution in [0.5, 0.6) is 0 Å². The van der Waals surface area contributed by atoms with Crippen molar-refractivity contribution in [2.24, 2.45) is 0 Å². The third-order valence-electron chi connectivity index (χ3n) is 0.926. The molecule has 0 fully saturated rings. The first-order chi connectivity index (χ1) is 4.74. The van der Waals surface area contributed by atoms with E-state index in [1.165, 1.54) is 6.20 Å². The van der Waals surface area contributed by atoms with Crippen molar-refractivity contribution in [1.29, 1.82) is 5.26 Å². The van der Waals surface area contributed by atoms with E-state index < -0.39 is 0 Å². The molecule has 1 aromatic rings. The second-order valence-electron chi connectivity index (χ2n) is 1.60. The Morgan fingerprint density at radius 1 is 1.70 bits per heavy atom. The normalized spacial score (nSPS) is 8.90. The lowest BCUT2D eigenvalue weighted by molar-refractivity contribution is 1.25. The molecular formula is C6H2ClIN2. The molecule has 0 aliphatic carbocycles. The van der Waals surface area contributed by atoms with E-state index in [-0.39, 0.29) is 0 Å². The first-order valence-electron chi connectivity index (χ1n) is 2.45. The van der Waals surface area contributed by atoms with Crippen molar-refractivity contribution in [3.8, 4) is 6.07 Å². The average molecular weight is 264 g/mol. The molecule has 10 heavy (non-hydrogen) atoms. The van der Waals surface area contributed by atoms with E-state index in [4.69, 9.17) is 16.9 Å². The molecule has 0 saturated heterocycles. The molecule has 0 bridgehead atoms. The molecule has 0 unspecified atom stereocenters. The highest BCUT2D eigenvalue weighted by molar-refractivity contribution is 14.1. The van der Waals surface area contributed by atoms with Gasteiger partial charge >= 0.3 is 0 Å². The highest BCUT2D eigenvalue weighted by atomic mass is 127. The third-order valence-corrected chi connectivity index (χ3v) is 1.99. The van der Waals surface area contributed by atoms with E-state index in [1.54, 1.807) is 6.07 Å². The summed E-state index contributed by atoms with van der Waals surface area (Å²) >= 11 is 7.56. The molecular weight excluding hydrogens is 262 g/mol. The lowest BCUT2D eigenvalue weighted by Crippen LogP contribution is -1.84. The maximum absolute atomic E-state index is 8.49. The zero-order chi connectivity index (χ0) is 7.56. The Kier molecular flexibility index (Phi) is 2.46. The third kappa shape index (κ3) is 1.58. The summed E-state index contributed by atoms with van der Waals surface area (Å²) in [7, 11) is 0. The van der Waals surface area contributed by atoms with Gasteiger partial charge < -0.3 is 0 Å². The summed E-state index contributed by atoms with van der Waals surface area (Å²) in [6.45, 7) is 0. The molecule has 0 amide bonds. The fraction of sp³-hybridized carbons (Fsp3) is 0. The monoisotopic (exact) mass is 264 g/mol. The predicted octanol–water partition coefficient (Wildman–Crippen LogP) is 2.21. The van der Waals surface area contributed by atoms with Crippen molar-refractivity contribution >= 4 is 34.2 Å².